The quantitative estimate of drug-likeness (QED) is 0.106. The van der Waals surface area contributed by atoms with Crippen LogP contribution in [0.15, 0.2) is 0 Å². The number of hydrogen-bond donors (Lipinski definition) is 0. The van der Waals surface area contributed by atoms with Gasteiger partial charge >= 0.3 is 53.7 Å². The summed E-state index contributed by atoms with van der Waals surface area (Å²) in [6, 6.07) is 0. The van der Waals surface area contributed by atoms with Crippen LogP contribution in [0.4, 0.5) is 0 Å². The minimum atomic E-state index is -1.83. The van der Waals surface area contributed by atoms with Crippen LogP contribution in [0.5, 0.6) is 0 Å². The monoisotopic (exact) mass is 1020 g/mol. The molecule has 0 N–H and O–H groups in total. The minimum absolute atomic E-state index is 0.458. The van der Waals surface area contributed by atoms with E-state index in [4.69, 9.17) is 87.0 Å². The molecule has 0 aromatic rings. The summed E-state index contributed by atoms with van der Waals surface area (Å²) in [6.07, 6.45) is -25.4. The molecule has 4 fully saturated rings. The number of carbonyl (C=O) groups is 9. The summed E-state index contributed by atoms with van der Waals surface area (Å²) in [5.41, 5.74) is 0. The summed E-state index contributed by atoms with van der Waals surface area (Å²) in [5, 5.41) is 0. The van der Waals surface area contributed by atoms with Crippen molar-refractivity contribution >= 4 is 53.7 Å². The third kappa shape index (κ3) is 15.7. The maximum Gasteiger partial charge on any atom is 0.303 e. The van der Waals surface area contributed by atoms with Crippen LogP contribution < -0.4 is 0 Å². The molecule has 0 aromatic heterocycles. The summed E-state index contributed by atoms with van der Waals surface area (Å²) in [4.78, 5) is 113. The molecule has 4 aliphatic heterocycles. The lowest BCUT2D eigenvalue weighted by Crippen LogP contribution is -2.69. The molecule has 4 aliphatic rings. The first-order valence-corrected chi connectivity index (χ1v) is 22.4. The second-order valence-corrected chi connectivity index (χ2v) is 16.8. The normalized spacial score (nSPS) is 36.8. The molecule has 0 radical (unpaired) electrons. The predicted molar refractivity (Wildman–Crippen MR) is 227 cm³/mol. The van der Waals surface area contributed by atoms with Crippen LogP contribution in [0.1, 0.15) is 90.0 Å². The molecule has 26 nitrogen and oxygen atoms in total. The minimum Gasteiger partial charge on any atom is -0.456 e. The van der Waals surface area contributed by atoms with E-state index in [1.807, 2.05) is 0 Å². The molecule has 0 spiro atoms. The molecular weight excluding hydrogens is 956 g/mol. The second-order valence-electron chi connectivity index (χ2n) is 16.8. The van der Waals surface area contributed by atoms with Gasteiger partial charge in [-0.3, -0.25) is 43.2 Å². The lowest BCUT2D eigenvalue weighted by Gasteiger charge is -2.51. The summed E-state index contributed by atoms with van der Waals surface area (Å²) in [7, 11) is 0. The highest BCUT2D eigenvalue weighted by Crippen LogP contribution is 2.40. The molecule has 4 rings (SSSR count). The lowest BCUT2D eigenvalue weighted by atomic mass is 9.95. The van der Waals surface area contributed by atoms with E-state index in [2.05, 4.69) is 5.92 Å². The van der Waals surface area contributed by atoms with Crippen molar-refractivity contribution in [3.8, 4) is 12.3 Å². The van der Waals surface area contributed by atoms with Gasteiger partial charge in [0.15, 0.2) is 80.1 Å². The number of ether oxygens (including phenoxy) is 17. The van der Waals surface area contributed by atoms with E-state index < -0.39 is 183 Å². The van der Waals surface area contributed by atoms with Gasteiger partial charge in [-0.2, -0.15) is 0 Å². The van der Waals surface area contributed by atoms with E-state index in [1.54, 1.807) is 0 Å². The standard InChI is InChI=1S/C45H62O26/c1-15-16-55-42-38(71-45-41(68-29(14)54)36(65-26(11)51)32(19(4)59-45)62-23(8)48)37(70-44-40(67-28(13)53)35(64-25(10)50)31(18(3)58-44)61-22(7)47)33(20(5)56-42)69-43-39(66-27(12)52)34(63-24(9)49)30(17(2)57-43)60-21(6)46/h1,17-20,30-45H,16H2,2-14H3/t17?,18?,19-,20?,30+,31+,32+,33+,34?,35?,36?,37?,38?,39?,40?,41?,42-,43+,44+,45+/m1/s1. The van der Waals surface area contributed by atoms with E-state index in [0.717, 1.165) is 62.3 Å². The smallest absolute Gasteiger partial charge is 0.303 e. The molecular formula is C45H62O26. The Morgan fingerprint density at radius 3 is 0.831 bits per heavy atom. The fraction of sp³-hybridized carbons (Fsp3) is 0.756. The first kappa shape index (κ1) is 58.0. The first-order valence-electron chi connectivity index (χ1n) is 22.4. The average Bonchev–Trinajstić information content (AvgIpc) is 3.23. The Kier molecular flexibility index (Phi) is 21.0. The molecule has 0 saturated carbocycles. The van der Waals surface area contributed by atoms with E-state index >= 15 is 0 Å². The van der Waals surface area contributed by atoms with Crippen molar-refractivity contribution in [1.29, 1.82) is 0 Å². The van der Waals surface area contributed by atoms with Gasteiger partial charge in [-0.1, -0.05) is 5.92 Å². The highest BCUT2D eigenvalue weighted by atomic mass is 16.8. The number of rotatable bonds is 17. The van der Waals surface area contributed by atoms with Crippen LogP contribution in [0, 0.1) is 12.3 Å². The summed E-state index contributed by atoms with van der Waals surface area (Å²) in [5.74, 6) is -5.61. The number of hydrogen-bond acceptors (Lipinski definition) is 26. The molecule has 11 unspecified atom stereocenters. The van der Waals surface area contributed by atoms with E-state index in [-0.39, 0.29) is 0 Å². The van der Waals surface area contributed by atoms with Crippen LogP contribution in [-0.2, 0) is 124 Å². The van der Waals surface area contributed by atoms with Crippen LogP contribution in [-0.4, -0.2) is 183 Å². The average molecular weight is 1020 g/mol. The lowest BCUT2D eigenvalue weighted by molar-refractivity contribution is -0.402. The Hall–Kier alpha value is -5.53. The molecule has 20 atom stereocenters. The van der Waals surface area contributed by atoms with Crippen molar-refractivity contribution in [2.24, 2.45) is 0 Å². The summed E-state index contributed by atoms with van der Waals surface area (Å²) >= 11 is 0. The van der Waals surface area contributed by atoms with Gasteiger partial charge in [-0.25, -0.2) is 0 Å². The van der Waals surface area contributed by atoms with Crippen molar-refractivity contribution in [3.05, 3.63) is 0 Å². The molecule has 4 heterocycles. The van der Waals surface area contributed by atoms with Crippen molar-refractivity contribution in [3.63, 3.8) is 0 Å². The third-order valence-corrected chi connectivity index (χ3v) is 10.8. The van der Waals surface area contributed by atoms with E-state index in [1.165, 1.54) is 27.7 Å². The topological polar surface area (TPSA) is 311 Å². The third-order valence-electron chi connectivity index (χ3n) is 10.8. The predicted octanol–water partition coefficient (Wildman–Crippen LogP) is 0.156. The highest BCUT2D eigenvalue weighted by molar-refractivity contribution is 5.70. The van der Waals surface area contributed by atoms with Crippen molar-refractivity contribution < 1.29 is 124 Å². The Labute approximate surface area is 408 Å². The first-order chi connectivity index (χ1) is 33.2. The van der Waals surface area contributed by atoms with Crippen molar-refractivity contribution in [1.82, 2.24) is 0 Å². The molecule has 0 aliphatic carbocycles. The van der Waals surface area contributed by atoms with Gasteiger partial charge in [0.05, 0.1) is 24.4 Å². The highest BCUT2D eigenvalue weighted by Gasteiger charge is 2.60. The van der Waals surface area contributed by atoms with Gasteiger partial charge in [0.25, 0.3) is 0 Å². The zero-order chi connectivity index (χ0) is 53.2. The van der Waals surface area contributed by atoms with Gasteiger partial charge in [0, 0.05) is 62.3 Å². The second kappa shape index (κ2) is 25.7. The Bertz CT molecular complexity index is 1980. The molecule has 0 bridgehead atoms. The van der Waals surface area contributed by atoms with Crippen LogP contribution in [0.3, 0.4) is 0 Å². The van der Waals surface area contributed by atoms with Gasteiger partial charge in [-0.05, 0) is 27.7 Å². The van der Waals surface area contributed by atoms with Gasteiger partial charge in [0.1, 0.15) is 24.9 Å². The SMILES string of the molecule is C#CCO[C@@H]1OC(C)[C@H](O[C@@H]2OC(C)[C@H](OC(C)=O)C(OC(C)=O)C2OC(C)=O)C(O[C@@H]2OC(C)[C@H](OC(C)=O)C(OC(C)=O)C2OC(C)=O)C1O[C@@H]1O[C@H](C)[C@H](OC(C)=O)C(OC(C)=O)C1OC(C)=O. The maximum atomic E-state index is 12.8. The van der Waals surface area contributed by atoms with Gasteiger partial charge < -0.3 is 80.5 Å². The zero-order valence-electron chi connectivity index (χ0n) is 41.4. The summed E-state index contributed by atoms with van der Waals surface area (Å²) < 4.78 is 101. The van der Waals surface area contributed by atoms with E-state index in [0.29, 0.717) is 0 Å². The molecule has 0 amide bonds. The largest absolute Gasteiger partial charge is 0.456 e. The van der Waals surface area contributed by atoms with Gasteiger partial charge in [0.2, 0.25) is 0 Å². The fourth-order valence-electron chi connectivity index (χ4n) is 8.43. The molecule has 4 saturated heterocycles. The maximum absolute atomic E-state index is 12.8. The number of esters is 9. The Morgan fingerprint density at radius 1 is 0.324 bits per heavy atom. The molecule has 0 aromatic carbocycles. The molecule has 398 valence electrons. The fourth-order valence-corrected chi connectivity index (χ4v) is 8.43. The van der Waals surface area contributed by atoms with Gasteiger partial charge in [-0.15, -0.1) is 6.42 Å². The van der Waals surface area contributed by atoms with Crippen molar-refractivity contribution in [2.45, 2.75) is 213 Å². The summed E-state index contributed by atoms with van der Waals surface area (Å²) in [6.45, 7) is 14.8. The van der Waals surface area contributed by atoms with Crippen LogP contribution >= 0.6 is 0 Å². The Morgan fingerprint density at radius 2 is 0.549 bits per heavy atom. The number of carbonyl (C=O) groups excluding carboxylic acids is 9. The van der Waals surface area contributed by atoms with Crippen molar-refractivity contribution in [2.75, 3.05) is 6.61 Å². The zero-order valence-corrected chi connectivity index (χ0v) is 41.4. The molecule has 71 heavy (non-hydrogen) atoms. The van der Waals surface area contributed by atoms with Crippen LogP contribution in [0.25, 0.3) is 0 Å². The van der Waals surface area contributed by atoms with Crippen LogP contribution in [0.2, 0.25) is 0 Å². The molecule has 26 heteroatoms. The number of terminal acetylenes is 1. The van der Waals surface area contributed by atoms with E-state index in [9.17, 15) is 43.2 Å². The Balaban J connectivity index is 1.99.